The number of nitrogens with one attached hydrogen (secondary N) is 1. The van der Waals surface area contributed by atoms with Gasteiger partial charge in [0.2, 0.25) is 11.2 Å². The monoisotopic (exact) mass is 341 g/mol. The van der Waals surface area contributed by atoms with Gasteiger partial charge in [-0.1, -0.05) is 23.2 Å². The second-order valence-electron chi connectivity index (χ2n) is 3.82. The van der Waals surface area contributed by atoms with Gasteiger partial charge in [0.05, 0.1) is 10.7 Å². The van der Waals surface area contributed by atoms with E-state index in [9.17, 15) is 0 Å². The zero-order valence-corrected chi connectivity index (χ0v) is 12.5. The fourth-order valence-corrected chi connectivity index (χ4v) is 2.02. The van der Waals surface area contributed by atoms with Gasteiger partial charge < -0.3 is 5.32 Å². The molecule has 0 amide bonds. The standard InChI is InChI=1S/C11H6Cl3N7/c12-6-1-2-7(13)8(3-6)17-10-18-9(14)19-11(20-10)21-5-15-4-16-21/h1-5H,(H,17,18,19,20). The van der Waals surface area contributed by atoms with Crippen molar-refractivity contribution in [3.63, 3.8) is 0 Å². The highest BCUT2D eigenvalue weighted by molar-refractivity contribution is 6.35. The fourth-order valence-electron chi connectivity index (χ4n) is 1.52. The first-order chi connectivity index (χ1) is 10.1. The van der Waals surface area contributed by atoms with E-state index in [2.05, 4.69) is 30.4 Å². The third kappa shape index (κ3) is 3.21. The Labute approximate surface area is 133 Å². The molecule has 7 nitrogen and oxygen atoms in total. The average molecular weight is 343 g/mol. The lowest BCUT2D eigenvalue weighted by atomic mass is 10.3. The van der Waals surface area contributed by atoms with Gasteiger partial charge in [-0.2, -0.15) is 24.7 Å². The minimum Gasteiger partial charge on any atom is -0.323 e. The van der Waals surface area contributed by atoms with Crippen LogP contribution in [0.4, 0.5) is 11.6 Å². The summed E-state index contributed by atoms with van der Waals surface area (Å²) in [6, 6.07) is 4.99. The number of rotatable bonds is 3. The van der Waals surface area contributed by atoms with Crippen molar-refractivity contribution in [2.45, 2.75) is 0 Å². The predicted molar refractivity (Wildman–Crippen MR) is 79.5 cm³/mol. The van der Waals surface area contributed by atoms with Gasteiger partial charge in [0.25, 0.3) is 5.95 Å². The molecule has 0 saturated carbocycles. The van der Waals surface area contributed by atoms with Gasteiger partial charge in [-0.05, 0) is 29.8 Å². The first-order valence-electron chi connectivity index (χ1n) is 5.60. The van der Waals surface area contributed by atoms with Crippen molar-refractivity contribution < 1.29 is 0 Å². The van der Waals surface area contributed by atoms with E-state index in [0.717, 1.165) is 0 Å². The van der Waals surface area contributed by atoms with E-state index in [-0.39, 0.29) is 17.2 Å². The van der Waals surface area contributed by atoms with Crippen LogP contribution >= 0.6 is 34.8 Å². The minimum atomic E-state index is 0.0103. The first-order valence-corrected chi connectivity index (χ1v) is 6.74. The largest absolute Gasteiger partial charge is 0.323 e. The predicted octanol–water partition coefficient (Wildman–Crippen LogP) is 3.16. The molecule has 0 radical (unpaired) electrons. The normalized spacial score (nSPS) is 10.6. The average Bonchev–Trinajstić information content (AvgIpc) is 2.96. The van der Waals surface area contributed by atoms with Crippen LogP contribution in [0.25, 0.3) is 5.95 Å². The molecule has 10 heteroatoms. The summed E-state index contributed by atoms with van der Waals surface area (Å²) < 4.78 is 1.36. The van der Waals surface area contributed by atoms with E-state index in [4.69, 9.17) is 34.8 Å². The Bertz CT molecular complexity index is 775. The van der Waals surface area contributed by atoms with Crippen molar-refractivity contribution in [2.75, 3.05) is 5.32 Å². The molecule has 2 heterocycles. The number of benzene rings is 1. The van der Waals surface area contributed by atoms with E-state index in [1.165, 1.54) is 17.3 Å². The SMILES string of the molecule is Clc1ccc(Cl)c(Nc2nc(Cl)nc(-n3cncn3)n2)c1. The molecule has 2 aromatic heterocycles. The number of halogens is 3. The highest BCUT2D eigenvalue weighted by atomic mass is 35.5. The molecule has 0 aliphatic rings. The molecular formula is C11H6Cl3N7. The fraction of sp³-hybridized carbons (Fsp3) is 0. The van der Waals surface area contributed by atoms with Crippen LogP contribution in [0.1, 0.15) is 0 Å². The van der Waals surface area contributed by atoms with Gasteiger partial charge in [0, 0.05) is 5.02 Å². The number of hydrogen-bond donors (Lipinski definition) is 1. The molecule has 0 bridgehead atoms. The molecule has 1 N–H and O–H groups in total. The van der Waals surface area contributed by atoms with Crippen molar-refractivity contribution in [3.8, 4) is 5.95 Å². The second-order valence-corrected chi connectivity index (χ2v) is 5.00. The maximum atomic E-state index is 6.07. The lowest BCUT2D eigenvalue weighted by Gasteiger charge is -2.08. The molecule has 0 saturated heterocycles. The molecule has 106 valence electrons. The van der Waals surface area contributed by atoms with Crippen LogP contribution in [0.3, 0.4) is 0 Å². The van der Waals surface area contributed by atoms with Crippen molar-refractivity contribution >= 4 is 46.4 Å². The maximum Gasteiger partial charge on any atom is 0.258 e. The van der Waals surface area contributed by atoms with Crippen molar-refractivity contribution in [1.29, 1.82) is 0 Å². The molecule has 1 aromatic carbocycles. The van der Waals surface area contributed by atoms with Crippen LogP contribution in [0, 0.1) is 0 Å². The number of nitrogens with zero attached hydrogens (tertiary/aromatic N) is 6. The summed E-state index contributed by atoms with van der Waals surface area (Å²) in [7, 11) is 0. The zero-order chi connectivity index (χ0) is 14.8. The number of aromatic nitrogens is 6. The van der Waals surface area contributed by atoms with Crippen LogP contribution in [-0.2, 0) is 0 Å². The summed E-state index contributed by atoms with van der Waals surface area (Å²) in [5, 5.41) is 7.87. The van der Waals surface area contributed by atoms with Gasteiger partial charge in [-0.3, -0.25) is 0 Å². The Kier molecular flexibility index (Phi) is 3.87. The molecule has 21 heavy (non-hydrogen) atoms. The minimum absolute atomic E-state index is 0.0103. The quantitative estimate of drug-likeness (QED) is 0.787. The van der Waals surface area contributed by atoms with Crippen LogP contribution in [0.5, 0.6) is 0 Å². The lowest BCUT2D eigenvalue weighted by molar-refractivity contribution is 0.796. The van der Waals surface area contributed by atoms with E-state index in [1.807, 2.05) is 0 Å². The van der Waals surface area contributed by atoms with E-state index < -0.39 is 0 Å². The van der Waals surface area contributed by atoms with Gasteiger partial charge in [0.15, 0.2) is 0 Å². The van der Waals surface area contributed by atoms with Crippen LogP contribution in [-0.4, -0.2) is 29.7 Å². The Morgan fingerprint density at radius 1 is 1.05 bits per heavy atom. The van der Waals surface area contributed by atoms with Gasteiger partial charge >= 0.3 is 0 Å². The van der Waals surface area contributed by atoms with E-state index >= 15 is 0 Å². The molecule has 0 fully saturated rings. The van der Waals surface area contributed by atoms with Crippen LogP contribution in [0.2, 0.25) is 15.3 Å². The van der Waals surface area contributed by atoms with Crippen LogP contribution in [0.15, 0.2) is 30.9 Å². The molecule has 0 aliphatic heterocycles. The summed E-state index contributed by atoms with van der Waals surface area (Å²) in [5.41, 5.74) is 0.552. The molecule has 0 aliphatic carbocycles. The second kappa shape index (κ2) is 5.80. The highest BCUT2D eigenvalue weighted by Gasteiger charge is 2.09. The summed E-state index contributed by atoms with van der Waals surface area (Å²) >= 11 is 17.9. The number of hydrogen-bond acceptors (Lipinski definition) is 6. The van der Waals surface area contributed by atoms with E-state index in [0.29, 0.717) is 15.7 Å². The topological polar surface area (TPSA) is 81.4 Å². The first kappa shape index (κ1) is 14.0. The van der Waals surface area contributed by atoms with Crippen molar-refractivity contribution in [1.82, 2.24) is 29.7 Å². The highest BCUT2D eigenvalue weighted by Crippen LogP contribution is 2.27. The Hall–Kier alpha value is -1.96. The third-order valence-corrected chi connectivity index (χ3v) is 3.13. The summed E-state index contributed by atoms with van der Waals surface area (Å²) in [5.74, 6) is 0.442. The molecule has 0 spiro atoms. The van der Waals surface area contributed by atoms with Gasteiger partial charge in [-0.15, -0.1) is 0 Å². The number of anilines is 2. The lowest BCUT2D eigenvalue weighted by Crippen LogP contribution is -2.07. The smallest absolute Gasteiger partial charge is 0.258 e. The summed E-state index contributed by atoms with van der Waals surface area (Å²) in [6.45, 7) is 0. The molecule has 3 aromatic rings. The van der Waals surface area contributed by atoms with Crippen molar-refractivity contribution in [3.05, 3.63) is 46.2 Å². The van der Waals surface area contributed by atoms with Gasteiger partial charge in [-0.25, -0.2) is 4.98 Å². The Morgan fingerprint density at radius 2 is 1.90 bits per heavy atom. The van der Waals surface area contributed by atoms with Crippen molar-refractivity contribution in [2.24, 2.45) is 0 Å². The van der Waals surface area contributed by atoms with E-state index in [1.54, 1.807) is 18.2 Å². The Balaban J connectivity index is 1.97. The zero-order valence-electron chi connectivity index (χ0n) is 10.2. The molecule has 3 rings (SSSR count). The van der Waals surface area contributed by atoms with Crippen LogP contribution < -0.4 is 5.32 Å². The van der Waals surface area contributed by atoms with Gasteiger partial charge in [0.1, 0.15) is 12.7 Å². The Morgan fingerprint density at radius 3 is 2.67 bits per heavy atom. The molecular weight excluding hydrogens is 337 g/mol. The molecule has 0 unspecified atom stereocenters. The summed E-state index contributed by atoms with van der Waals surface area (Å²) in [6.07, 6.45) is 2.81. The maximum absolute atomic E-state index is 6.07. The third-order valence-electron chi connectivity index (χ3n) is 2.39. The molecule has 0 atom stereocenters. The summed E-state index contributed by atoms with van der Waals surface area (Å²) in [4.78, 5) is 15.9.